The van der Waals surface area contributed by atoms with Crippen LogP contribution in [0.25, 0.3) is 0 Å². The average molecular weight is 459 g/mol. The molecule has 0 bridgehead atoms. The number of carbonyl (C=O) groups is 1. The molecule has 174 valence electrons. The molecule has 1 aliphatic heterocycles. The number of hydrogen-bond donors (Lipinski definition) is 1. The quantitative estimate of drug-likeness (QED) is 0.443. The normalized spacial score (nSPS) is 16.7. The van der Waals surface area contributed by atoms with Gasteiger partial charge in [0.15, 0.2) is 0 Å². The Kier molecular flexibility index (Phi) is 9.11. The van der Waals surface area contributed by atoms with Crippen molar-refractivity contribution in [1.29, 1.82) is 0 Å². The van der Waals surface area contributed by atoms with E-state index in [4.69, 9.17) is 4.74 Å². The van der Waals surface area contributed by atoms with Crippen molar-refractivity contribution in [3.8, 4) is 5.75 Å². The molecule has 1 amide bonds. The highest BCUT2D eigenvalue weighted by molar-refractivity contribution is 7.89. The van der Waals surface area contributed by atoms with Gasteiger partial charge in [0.05, 0.1) is 11.5 Å². The first-order valence-corrected chi connectivity index (χ1v) is 13.1. The molecule has 1 N–H and O–H groups in total. The summed E-state index contributed by atoms with van der Waals surface area (Å²) in [6.45, 7) is 3.25. The van der Waals surface area contributed by atoms with E-state index in [-0.39, 0.29) is 10.8 Å². The van der Waals surface area contributed by atoms with Crippen molar-refractivity contribution in [3.05, 3.63) is 54.6 Å². The van der Waals surface area contributed by atoms with Crippen LogP contribution in [0.5, 0.6) is 5.75 Å². The van der Waals surface area contributed by atoms with Gasteiger partial charge in [-0.3, -0.25) is 4.79 Å². The van der Waals surface area contributed by atoms with Crippen LogP contribution in [-0.4, -0.2) is 37.8 Å². The van der Waals surface area contributed by atoms with Crippen molar-refractivity contribution < 1.29 is 17.9 Å². The van der Waals surface area contributed by atoms with E-state index in [2.05, 4.69) is 12.2 Å². The van der Waals surface area contributed by atoms with Gasteiger partial charge in [0.25, 0.3) is 0 Å². The fraction of sp³-hybridized carbons (Fsp3) is 0.480. The van der Waals surface area contributed by atoms with Crippen LogP contribution in [0.15, 0.2) is 59.5 Å². The number of hydrogen-bond acceptors (Lipinski definition) is 4. The lowest BCUT2D eigenvalue weighted by Crippen LogP contribution is -2.43. The number of nitrogens with one attached hydrogen (secondary N) is 1. The van der Waals surface area contributed by atoms with Gasteiger partial charge in [-0.15, -0.1) is 0 Å². The minimum atomic E-state index is -3.70. The molecular weight excluding hydrogens is 424 g/mol. The van der Waals surface area contributed by atoms with Crippen molar-refractivity contribution >= 4 is 21.6 Å². The molecule has 1 aliphatic rings. The number of nitrogens with zero attached hydrogens (tertiary/aromatic N) is 1. The molecule has 0 aromatic heterocycles. The second kappa shape index (κ2) is 12.0. The minimum absolute atomic E-state index is 0.214. The number of amides is 1. The molecule has 1 saturated heterocycles. The van der Waals surface area contributed by atoms with Gasteiger partial charge in [-0.1, -0.05) is 57.2 Å². The first kappa shape index (κ1) is 24.3. The molecule has 1 unspecified atom stereocenters. The van der Waals surface area contributed by atoms with Crippen LogP contribution < -0.4 is 10.1 Å². The van der Waals surface area contributed by atoms with E-state index in [9.17, 15) is 13.2 Å². The van der Waals surface area contributed by atoms with Crippen molar-refractivity contribution in [3.63, 3.8) is 0 Å². The highest BCUT2D eigenvalue weighted by Crippen LogP contribution is 2.27. The number of unbranched alkanes of at least 4 members (excludes halogenated alkanes) is 5. The number of sulfonamides is 1. The van der Waals surface area contributed by atoms with Gasteiger partial charge in [0, 0.05) is 12.2 Å². The molecule has 1 atom stereocenters. The zero-order valence-electron chi connectivity index (χ0n) is 18.8. The van der Waals surface area contributed by atoms with Gasteiger partial charge < -0.3 is 10.1 Å². The summed E-state index contributed by atoms with van der Waals surface area (Å²) in [5.41, 5.74) is 0.630. The summed E-state index contributed by atoms with van der Waals surface area (Å²) in [7, 11) is -3.70. The van der Waals surface area contributed by atoms with Gasteiger partial charge in [0.1, 0.15) is 11.8 Å². The molecule has 32 heavy (non-hydrogen) atoms. The smallest absolute Gasteiger partial charge is 0.243 e. The summed E-state index contributed by atoms with van der Waals surface area (Å²) in [5, 5.41) is 2.86. The van der Waals surface area contributed by atoms with E-state index in [0.717, 1.165) is 12.2 Å². The van der Waals surface area contributed by atoms with E-state index in [1.54, 1.807) is 42.5 Å². The SMILES string of the molecule is CCCCCCCCOc1ccc(NC(=O)C2CCCN2S(=O)(=O)c2ccccc2)cc1. The van der Waals surface area contributed by atoms with Crippen LogP contribution in [0.4, 0.5) is 5.69 Å². The molecule has 0 spiro atoms. The molecule has 1 heterocycles. The van der Waals surface area contributed by atoms with Gasteiger partial charge in [-0.05, 0) is 55.7 Å². The van der Waals surface area contributed by atoms with Crippen molar-refractivity contribution in [2.75, 3.05) is 18.5 Å². The van der Waals surface area contributed by atoms with Crippen molar-refractivity contribution in [1.82, 2.24) is 4.31 Å². The van der Waals surface area contributed by atoms with E-state index >= 15 is 0 Å². The molecule has 0 aliphatic carbocycles. The first-order chi connectivity index (χ1) is 15.5. The third-order valence-corrected chi connectivity index (χ3v) is 7.67. The second-order valence-corrected chi connectivity index (χ2v) is 10.1. The summed E-state index contributed by atoms with van der Waals surface area (Å²) in [6.07, 6.45) is 8.47. The Morgan fingerprint density at radius 3 is 2.41 bits per heavy atom. The summed E-state index contributed by atoms with van der Waals surface area (Å²) in [5.74, 6) is 0.466. The van der Waals surface area contributed by atoms with Crippen molar-refractivity contribution in [2.24, 2.45) is 0 Å². The third-order valence-electron chi connectivity index (χ3n) is 5.74. The van der Waals surface area contributed by atoms with E-state index in [1.165, 1.54) is 36.4 Å². The maximum absolute atomic E-state index is 13.0. The fourth-order valence-corrected chi connectivity index (χ4v) is 5.63. The molecule has 2 aromatic rings. The first-order valence-electron chi connectivity index (χ1n) is 11.6. The van der Waals surface area contributed by atoms with Gasteiger partial charge in [0.2, 0.25) is 15.9 Å². The Morgan fingerprint density at radius 1 is 1.00 bits per heavy atom. The van der Waals surface area contributed by atoms with E-state index in [1.807, 2.05) is 12.1 Å². The monoisotopic (exact) mass is 458 g/mol. The maximum Gasteiger partial charge on any atom is 0.243 e. The number of benzene rings is 2. The van der Waals surface area contributed by atoms with E-state index < -0.39 is 16.1 Å². The summed E-state index contributed by atoms with van der Waals surface area (Å²) < 4.78 is 33.0. The highest BCUT2D eigenvalue weighted by Gasteiger charge is 2.39. The Hall–Kier alpha value is -2.38. The lowest BCUT2D eigenvalue weighted by atomic mass is 10.1. The third kappa shape index (κ3) is 6.56. The van der Waals surface area contributed by atoms with Crippen LogP contribution in [0.1, 0.15) is 58.3 Å². The number of carbonyl (C=O) groups excluding carboxylic acids is 1. The van der Waals surface area contributed by atoms with Crippen LogP contribution in [0, 0.1) is 0 Å². The number of rotatable bonds is 12. The number of anilines is 1. The molecule has 1 fully saturated rings. The Morgan fingerprint density at radius 2 is 1.69 bits per heavy atom. The molecule has 2 aromatic carbocycles. The summed E-state index contributed by atoms with van der Waals surface area (Å²) in [4.78, 5) is 13.1. The summed E-state index contributed by atoms with van der Waals surface area (Å²) in [6, 6.07) is 14.8. The standard InChI is InChI=1S/C25H34N2O4S/c1-2-3-4-5-6-10-20-31-22-17-15-21(16-18-22)26-25(28)24-14-11-19-27(24)32(29,30)23-12-8-7-9-13-23/h7-9,12-13,15-18,24H,2-6,10-11,14,19-20H2,1H3,(H,26,28). The summed E-state index contributed by atoms with van der Waals surface area (Å²) >= 11 is 0. The fourth-order valence-electron chi connectivity index (χ4n) is 3.95. The van der Waals surface area contributed by atoms with Gasteiger partial charge in [-0.2, -0.15) is 4.31 Å². The molecule has 6 nitrogen and oxygen atoms in total. The largest absolute Gasteiger partial charge is 0.494 e. The predicted octanol–water partition coefficient (Wildman–Crippen LogP) is 5.22. The lowest BCUT2D eigenvalue weighted by Gasteiger charge is -2.23. The highest BCUT2D eigenvalue weighted by atomic mass is 32.2. The molecule has 7 heteroatoms. The zero-order valence-corrected chi connectivity index (χ0v) is 19.6. The number of ether oxygens (including phenoxy) is 1. The topological polar surface area (TPSA) is 75.7 Å². The Labute approximate surface area is 192 Å². The van der Waals surface area contributed by atoms with Crippen LogP contribution in [-0.2, 0) is 14.8 Å². The molecule has 0 saturated carbocycles. The minimum Gasteiger partial charge on any atom is -0.494 e. The van der Waals surface area contributed by atoms with E-state index in [0.29, 0.717) is 31.7 Å². The molecule has 0 radical (unpaired) electrons. The Balaban J connectivity index is 1.51. The van der Waals surface area contributed by atoms with Crippen molar-refractivity contribution in [2.45, 2.75) is 69.2 Å². The second-order valence-electron chi connectivity index (χ2n) is 8.22. The average Bonchev–Trinajstić information content (AvgIpc) is 3.31. The Bertz CT molecular complexity index is 946. The lowest BCUT2D eigenvalue weighted by molar-refractivity contribution is -0.119. The van der Waals surface area contributed by atoms with Crippen LogP contribution >= 0.6 is 0 Å². The molecule has 3 rings (SSSR count). The zero-order chi connectivity index (χ0) is 22.8. The maximum atomic E-state index is 13.0. The van der Waals surface area contributed by atoms with Gasteiger partial charge >= 0.3 is 0 Å². The molecular formula is C25H34N2O4S. The van der Waals surface area contributed by atoms with Crippen LogP contribution in [0.2, 0.25) is 0 Å². The van der Waals surface area contributed by atoms with Gasteiger partial charge in [-0.25, -0.2) is 8.42 Å². The van der Waals surface area contributed by atoms with Crippen LogP contribution in [0.3, 0.4) is 0 Å². The predicted molar refractivity (Wildman–Crippen MR) is 127 cm³/mol.